The first-order valence-electron chi connectivity index (χ1n) is 10.0. The Morgan fingerprint density at radius 2 is 1.85 bits per heavy atom. The molecule has 0 atom stereocenters. The lowest BCUT2D eigenvalue weighted by molar-refractivity contribution is -0.141. The molecule has 11 heteroatoms. The Kier molecular flexibility index (Phi) is 6.22. The Morgan fingerprint density at radius 1 is 1.12 bits per heavy atom. The van der Waals surface area contributed by atoms with Crippen molar-refractivity contribution in [1.82, 2.24) is 5.16 Å². The molecular formula is C22H20N4O6S. The smallest absolute Gasteiger partial charge is 0.326 e. The molecule has 1 aromatic heterocycles. The van der Waals surface area contributed by atoms with Crippen LogP contribution in [0.3, 0.4) is 0 Å². The Labute approximate surface area is 189 Å². The van der Waals surface area contributed by atoms with Crippen LogP contribution in [0.5, 0.6) is 0 Å². The van der Waals surface area contributed by atoms with E-state index in [9.17, 15) is 18.3 Å². The second kappa shape index (κ2) is 9.25. The van der Waals surface area contributed by atoms with E-state index in [0.29, 0.717) is 12.2 Å². The number of nitrogens with zero attached hydrogens (tertiary/aromatic N) is 4. The summed E-state index contributed by atoms with van der Waals surface area (Å²) in [4.78, 5) is 13.0. The molecule has 3 aromatic rings. The van der Waals surface area contributed by atoms with Gasteiger partial charge in [0.15, 0.2) is 0 Å². The van der Waals surface area contributed by atoms with Gasteiger partial charge in [-0.1, -0.05) is 47.6 Å². The van der Waals surface area contributed by atoms with E-state index in [1.54, 1.807) is 13.0 Å². The summed E-state index contributed by atoms with van der Waals surface area (Å²) in [7, 11) is -4.21. The summed E-state index contributed by atoms with van der Waals surface area (Å²) in [6, 6.07) is 17.0. The summed E-state index contributed by atoms with van der Waals surface area (Å²) in [5.74, 6) is -0.837. The summed E-state index contributed by atoms with van der Waals surface area (Å²) in [5, 5.41) is 21.4. The molecule has 1 aliphatic heterocycles. The van der Waals surface area contributed by atoms with E-state index in [0.717, 1.165) is 10.5 Å². The average molecular weight is 468 g/mol. The number of rotatable bonds is 7. The highest BCUT2D eigenvalue weighted by molar-refractivity contribution is 7.95. The fraction of sp³-hybridized carbons (Fsp3) is 0.182. The number of hydrogen-bond donors (Lipinski definition) is 1. The minimum atomic E-state index is -4.21. The lowest BCUT2D eigenvalue weighted by Gasteiger charge is -2.29. The number of esters is 1. The lowest BCUT2D eigenvalue weighted by Crippen LogP contribution is -2.35. The van der Waals surface area contributed by atoms with E-state index in [1.165, 1.54) is 24.3 Å². The van der Waals surface area contributed by atoms with Crippen LogP contribution in [0.2, 0.25) is 0 Å². The number of carbonyl (C=O) groups is 1. The van der Waals surface area contributed by atoms with Crippen LogP contribution in [0, 0.1) is 0 Å². The summed E-state index contributed by atoms with van der Waals surface area (Å²) in [6.45, 7) is 1.38. The van der Waals surface area contributed by atoms with Crippen LogP contribution in [0.25, 0.3) is 0 Å². The summed E-state index contributed by atoms with van der Waals surface area (Å²) in [5.41, 5.74) is 1.13. The fourth-order valence-electron chi connectivity index (χ4n) is 3.28. The molecule has 0 bridgehead atoms. The third-order valence-corrected chi connectivity index (χ3v) is 6.45. The highest BCUT2D eigenvalue weighted by Gasteiger charge is 2.38. The second-order valence-corrected chi connectivity index (χ2v) is 8.84. The quantitative estimate of drug-likeness (QED) is 0.408. The topological polar surface area (TPSA) is 135 Å². The number of carbonyl (C=O) groups excluding carboxylic acids is 1. The third kappa shape index (κ3) is 4.62. The van der Waals surface area contributed by atoms with Gasteiger partial charge >= 0.3 is 5.97 Å². The van der Waals surface area contributed by atoms with Gasteiger partial charge in [-0.25, -0.2) is 8.42 Å². The largest absolute Gasteiger partial charge is 0.492 e. The van der Waals surface area contributed by atoms with E-state index in [4.69, 9.17) is 9.26 Å². The zero-order valence-corrected chi connectivity index (χ0v) is 18.4. The molecule has 0 aliphatic carbocycles. The first-order valence-corrected chi connectivity index (χ1v) is 11.5. The zero-order valence-electron chi connectivity index (χ0n) is 17.6. The molecule has 1 N–H and O–H groups in total. The molecule has 4 rings (SSSR count). The van der Waals surface area contributed by atoms with Gasteiger partial charge < -0.3 is 14.4 Å². The number of anilines is 1. The maximum atomic E-state index is 13.1. The number of fused-ring (bicyclic) bond motifs is 1. The van der Waals surface area contributed by atoms with Crippen molar-refractivity contribution in [2.75, 3.05) is 18.1 Å². The van der Waals surface area contributed by atoms with E-state index in [-0.39, 0.29) is 23.0 Å². The maximum Gasteiger partial charge on any atom is 0.326 e. The lowest BCUT2D eigenvalue weighted by atomic mass is 10.1. The molecule has 170 valence electrons. The number of hydrogen-bond acceptors (Lipinski definition) is 10. The summed E-state index contributed by atoms with van der Waals surface area (Å²) < 4.78 is 36.3. The van der Waals surface area contributed by atoms with E-state index in [1.807, 2.05) is 30.3 Å². The van der Waals surface area contributed by atoms with Crippen molar-refractivity contribution in [1.29, 1.82) is 0 Å². The standard InChI is InChI=1S/C22H20N4O6S/c1-2-31-20(27)14-26-17-10-6-7-11-18(17)33(29,30)21(22(26)28)24-23-19-13-16(32-25-19)12-15-8-4-3-5-9-15/h3-11,13,28H,2,12,14H2,1H3. The van der Waals surface area contributed by atoms with Gasteiger partial charge in [0.1, 0.15) is 12.3 Å². The summed E-state index contributed by atoms with van der Waals surface area (Å²) in [6.07, 6.45) is 0.469. The normalized spacial score (nSPS) is 15.0. The predicted molar refractivity (Wildman–Crippen MR) is 118 cm³/mol. The highest BCUT2D eigenvalue weighted by Crippen LogP contribution is 2.38. The number of para-hydroxylation sites is 1. The molecule has 2 heterocycles. The number of benzene rings is 2. The molecular weight excluding hydrogens is 448 g/mol. The molecule has 0 spiro atoms. The van der Waals surface area contributed by atoms with Gasteiger partial charge in [-0.05, 0) is 24.6 Å². The summed E-state index contributed by atoms with van der Waals surface area (Å²) >= 11 is 0. The fourth-order valence-corrected chi connectivity index (χ4v) is 4.70. The molecule has 0 saturated carbocycles. The van der Waals surface area contributed by atoms with Crippen LogP contribution in [-0.2, 0) is 25.8 Å². The molecule has 1 aliphatic rings. The molecule has 33 heavy (non-hydrogen) atoms. The van der Waals surface area contributed by atoms with Crippen LogP contribution in [0.15, 0.2) is 91.2 Å². The van der Waals surface area contributed by atoms with Crippen molar-refractivity contribution in [2.45, 2.75) is 18.2 Å². The molecule has 10 nitrogen and oxygen atoms in total. The van der Waals surface area contributed by atoms with E-state index < -0.39 is 33.3 Å². The highest BCUT2D eigenvalue weighted by atomic mass is 32.2. The average Bonchev–Trinajstić information content (AvgIpc) is 3.24. The molecule has 0 radical (unpaired) electrons. The Hall–Kier alpha value is -3.99. The minimum absolute atomic E-state index is 0.0345. The van der Waals surface area contributed by atoms with Crippen molar-refractivity contribution in [3.63, 3.8) is 0 Å². The van der Waals surface area contributed by atoms with Crippen molar-refractivity contribution < 1.29 is 27.6 Å². The van der Waals surface area contributed by atoms with Gasteiger partial charge in [-0.3, -0.25) is 9.69 Å². The number of sulfone groups is 1. The zero-order chi connectivity index (χ0) is 23.4. The molecule has 2 aromatic carbocycles. The Morgan fingerprint density at radius 3 is 2.61 bits per heavy atom. The number of azo groups is 1. The van der Waals surface area contributed by atoms with E-state index >= 15 is 0 Å². The first-order chi connectivity index (χ1) is 15.9. The van der Waals surface area contributed by atoms with Gasteiger partial charge in [-0.2, -0.15) is 0 Å². The second-order valence-electron chi connectivity index (χ2n) is 7.00. The van der Waals surface area contributed by atoms with Crippen LogP contribution >= 0.6 is 0 Å². The van der Waals surface area contributed by atoms with Gasteiger partial charge in [-0.15, -0.1) is 10.2 Å². The van der Waals surface area contributed by atoms with Crippen LogP contribution < -0.4 is 4.90 Å². The maximum absolute atomic E-state index is 13.1. The van der Waals surface area contributed by atoms with Crippen LogP contribution in [0.1, 0.15) is 18.2 Å². The molecule has 0 saturated heterocycles. The van der Waals surface area contributed by atoms with Gasteiger partial charge in [0.2, 0.25) is 26.6 Å². The SMILES string of the molecule is CCOC(=O)CN1C(O)=C(N=Nc2cc(Cc3ccccc3)on2)S(=O)(=O)c2ccccc21. The van der Waals surface area contributed by atoms with E-state index in [2.05, 4.69) is 15.4 Å². The monoisotopic (exact) mass is 468 g/mol. The van der Waals surface area contributed by atoms with Crippen LogP contribution in [-0.4, -0.2) is 37.8 Å². The molecule has 0 unspecified atom stereocenters. The van der Waals surface area contributed by atoms with Crippen molar-refractivity contribution >= 4 is 27.3 Å². The predicted octanol–water partition coefficient (Wildman–Crippen LogP) is 3.89. The number of ether oxygens (including phenoxy) is 1. The minimum Gasteiger partial charge on any atom is -0.492 e. The van der Waals surface area contributed by atoms with Gasteiger partial charge in [0.25, 0.3) is 0 Å². The third-order valence-electron chi connectivity index (χ3n) is 4.75. The van der Waals surface area contributed by atoms with Gasteiger partial charge in [0.05, 0.1) is 17.2 Å². The first kappa shape index (κ1) is 22.2. The number of aromatic nitrogens is 1. The van der Waals surface area contributed by atoms with Gasteiger partial charge in [0, 0.05) is 12.5 Å². The van der Waals surface area contributed by atoms with Crippen LogP contribution in [0.4, 0.5) is 11.5 Å². The Balaban J connectivity index is 1.65. The molecule has 0 amide bonds. The number of aliphatic hydroxyl groups excluding tert-OH is 1. The van der Waals surface area contributed by atoms with Crippen molar-refractivity contribution in [2.24, 2.45) is 10.2 Å². The van der Waals surface area contributed by atoms with Crippen molar-refractivity contribution in [3.8, 4) is 0 Å². The number of aliphatic hydroxyl groups is 1. The Bertz CT molecular complexity index is 1330. The van der Waals surface area contributed by atoms with Crippen molar-refractivity contribution in [3.05, 3.63) is 82.9 Å². The molecule has 0 fully saturated rings.